The Morgan fingerprint density at radius 3 is 0.935 bits per heavy atom. The number of anilines is 4. The maximum Gasteiger partial charge on any atom is 0.239 e. The fourth-order valence-electron chi connectivity index (χ4n) is 6.61. The van der Waals surface area contributed by atoms with Crippen LogP contribution in [-0.2, 0) is 19.2 Å². The van der Waals surface area contributed by atoms with Crippen LogP contribution in [0.5, 0.6) is 0 Å². The van der Waals surface area contributed by atoms with Gasteiger partial charge in [-0.1, -0.05) is 91.1 Å². The Hall–Kier alpha value is -6.06. The molecule has 0 aliphatic heterocycles. The topological polar surface area (TPSA) is 209 Å². The van der Waals surface area contributed by atoms with E-state index < -0.39 is 23.4 Å². The third-order valence-electron chi connectivity index (χ3n) is 9.16. The van der Waals surface area contributed by atoms with E-state index >= 15 is 0 Å². The van der Waals surface area contributed by atoms with Crippen LogP contribution in [0.25, 0.3) is 0 Å². The zero-order valence-corrected chi connectivity index (χ0v) is 34.9. The van der Waals surface area contributed by atoms with E-state index in [0.717, 1.165) is 0 Å². The number of fused-ring (bicyclic) bond motifs is 4. The molecule has 4 amide bonds. The predicted octanol–water partition coefficient (Wildman–Crippen LogP) is 6.92. The molecule has 2 aliphatic rings. The number of alkyl halides is 2. The van der Waals surface area contributed by atoms with Crippen LogP contribution in [0.2, 0.25) is 0 Å². The Morgan fingerprint density at radius 2 is 0.694 bits per heavy atom. The van der Waals surface area contributed by atoms with Gasteiger partial charge in [-0.05, 0) is 49.2 Å². The summed E-state index contributed by atoms with van der Waals surface area (Å²) in [5.41, 5.74) is 2.15. The number of benzene rings is 4. The second-order valence-corrected chi connectivity index (χ2v) is 15.3. The Morgan fingerprint density at radius 1 is 0.435 bits per heavy atom. The number of rotatable bonds is 14. The van der Waals surface area contributed by atoms with Crippen molar-refractivity contribution in [1.29, 1.82) is 0 Å². The minimum atomic E-state index is -0.505. The molecule has 14 nitrogen and oxygen atoms in total. The number of hydrogen-bond donors (Lipinski definition) is 6. The molecule has 0 fully saturated rings. The van der Waals surface area contributed by atoms with E-state index in [1.807, 2.05) is 27.7 Å². The summed E-state index contributed by atoms with van der Waals surface area (Å²) >= 11 is 11.0. The molecule has 0 spiro atoms. The van der Waals surface area contributed by atoms with Gasteiger partial charge >= 0.3 is 0 Å². The van der Waals surface area contributed by atoms with Crippen LogP contribution < -0.4 is 31.9 Å². The lowest BCUT2D eigenvalue weighted by Gasteiger charge is -2.23. The molecule has 0 bridgehead atoms. The third-order valence-corrected chi connectivity index (χ3v) is 9.65. The van der Waals surface area contributed by atoms with Crippen molar-refractivity contribution in [2.24, 2.45) is 11.8 Å². The summed E-state index contributed by atoms with van der Waals surface area (Å²) in [6.07, 6.45) is 0. The quantitative estimate of drug-likeness (QED) is 0.0623. The maximum atomic E-state index is 13.6. The SMILES string of the molecule is C.C.CC(C)CNCC(=O)Nc1cccc2c1C(=O)c1c(NC(=O)CNCC(C)C)cccc1C2=O.O=C(CCl)Nc1cccc2c1C(=O)c1c(NC(=O)CCl)cccc1C2=O. The first-order chi connectivity index (χ1) is 28.7. The highest BCUT2D eigenvalue weighted by molar-refractivity contribution is 6.35. The zero-order valence-electron chi connectivity index (χ0n) is 33.3. The molecule has 0 heterocycles. The minimum Gasteiger partial charge on any atom is -0.324 e. The van der Waals surface area contributed by atoms with Crippen molar-refractivity contribution in [3.8, 4) is 0 Å². The van der Waals surface area contributed by atoms with Gasteiger partial charge in [0.05, 0.1) is 58.1 Å². The predicted molar refractivity (Wildman–Crippen MR) is 244 cm³/mol. The van der Waals surface area contributed by atoms with E-state index in [4.69, 9.17) is 23.2 Å². The van der Waals surface area contributed by atoms with Gasteiger partial charge < -0.3 is 31.9 Å². The van der Waals surface area contributed by atoms with Crippen LogP contribution in [0.3, 0.4) is 0 Å². The summed E-state index contributed by atoms with van der Waals surface area (Å²) in [5.74, 6) is -3.03. The van der Waals surface area contributed by atoms with Gasteiger partial charge in [0.1, 0.15) is 11.8 Å². The van der Waals surface area contributed by atoms with Crippen LogP contribution in [0, 0.1) is 11.8 Å². The standard InChI is InChI=1S/C26H32N4O4.C18H12Cl2N2O4.2CH4/c1-15(2)11-27-13-21(31)29-19-9-5-7-17-23(19)26(34)24-18(25(17)33)8-6-10-20(24)30-22(32)14-28-12-16(3)4;19-7-13(23)21-11-5-1-3-9-15(11)18(26)16-10(17(9)25)4-2-6-12(16)22-14(24)8-20;;/h5-10,15-16,27-28H,11-14H2,1-4H3,(H,29,31)(H,30,32);1-6H,7-8H2,(H,21,23)(H,22,24);2*1H4. The average molecular weight is 888 g/mol. The van der Waals surface area contributed by atoms with Gasteiger partial charge in [0, 0.05) is 22.3 Å². The van der Waals surface area contributed by atoms with E-state index in [1.54, 1.807) is 48.5 Å². The summed E-state index contributed by atoms with van der Waals surface area (Å²) < 4.78 is 0. The maximum absolute atomic E-state index is 13.6. The molecule has 6 N–H and O–H groups in total. The summed E-state index contributed by atoms with van der Waals surface area (Å²) in [6.45, 7) is 9.69. The first-order valence-corrected chi connectivity index (χ1v) is 20.2. The molecule has 328 valence electrons. The first-order valence-electron chi connectivity index (χ1n) is 19.1. The molecule has 0 unspecified atom stereocenters. The molecule has 4 aromatic rings. The van der Waals surface area contributed by atoms with Crippen molar-refractivity contribution >= 4 is 92.7 Å². The van der Waals surface area contributed by atoms with E-state index in [1.165, 1.54) is 24.3 Å². The molecular formula is C46H52Cl2N6O8. The van der Waals surface area contributed by atoms with Crippen molar-refractivity contribution in [2.75, 3.05) is 59.2 Å². The summed E-state index contributed by atoms with van der Waals surface area (Å²) in [4.78, 5) is 101. The van der Waals surface area contributed by atoms with Crippen molar-refractivity contribution in [3.63, 3.8) is 0 Å². The first kappa shape index (κ1) is 50.3. The van der Waals surface area contributed by atoms with Gasteiger partial charge in [-0.25, -0.2) is 0 Å². The van der Waals surface area contributed by atoms with Crippen molar-refractivity contribution in [3.05, 3.63) is 117 Å². The highest BCUT2D eigenvalue weighted by atomic mass is 35.5. The lowest BCUT2D eigenvalue weighted by molar-refractivity contribution is -0.116. The molecule has 0 radical (unpaired) electrons. The second kappa shape index (κ2) is 22.7. The number of hydrogen-bond acceptors (Lipinski definition) is 10. The third kappa shape index (κ3) is 11.6. The van der Waals surface area contributed by atoms with Crippen LogP contribution >= 0.6 is 23.2 Å². The molecule has 62 heavy (non-hydrogen) atoms. The fourth-order valence-corrected chi connectivity index (χ4v) is 6.74. The van der Waals surface area contributed by atoms with E-state index in [0.29, 0.717) is 24.9 Å². The Balaban J connectivity index is 0.000000330. The molecule has 0 atom stereocenters. The molecule has 4 aromatic carbocycles. The highest BCUT2D eigenvalue weighted by Gasteiger charge is 2.35. The van der Waals surface area contributed by atoms with Crippen LogP contribution in [-0.4, -0.2) is 84.7 Å². The Bertz CT molecular complexity index is 2240. The van der Waals surface area contributed by atoms with Crippen LogP contribution in [0.15, 0.2) is 72.8 Å². The highest BCUT2D eigenvalue weighted by Crippen LogP contribution is 2.37. The zero-order chi connectivity index (χ0) is 43.7. The Kier molecular flexibility index (Phi) is 18.4. The molecule has 0 aromatic heterocycles. The number of ketones is 4. The largest absolute Gasteiger partial charge is 0.324 e. The smallest absolute Gasteiger partial charge is 0.239 e. The molecular weight excluding hydrogens is 835 g/mol. The average Bonchev–Trinajstić information content (AvgIpc) is 3.21. The lowest BCUT2D eigenvalue weighted by Crippen LogP contribution is -2.32. The summed E-state index contributed by atoms with van der Waals surface area (Å²) in [7, 11) is 0. The van der Waals surface area contributed by atoms with E-state index in [2.05, 4.69) is 31.9 Å². The van der Waals surface area contributed by atoms with Gasteiger partial charge in [-0.2, -0.15) is 0 Å². The van der Waals surface area contributed by atoms with Gasteiger partial charge in [0.25, 0.3) is 0 Å². The number of halogens is 2. The lowest BCUT2D eigenvalue weighted by atomic mass is 9.82. The van der Waals surface area contributed by atoms with E-state index in [9.17, 15) is 38.4 Å². The van der Waals surface area contributed by atoms with Gasteiger partial charge in [-0.3, -0.25) is 38.4 Å². The van der Waals surface area contributed by atoms with Crippen molar-refractivity contribution in [1.82, 2.24) is 10.6 Å². The van der Waals surface area contributed by atoms with Gasteiger partial charge in [0.15, 0.2) is 23.1 Å². The fraction of sp³-hybridized carbons (Fsp3) is 0.304. The van der Waals surface area contributed by atoms with Crippen molar-refractivity contribution < 1.29 is 38.4 Å². The minimum absolute atomic E-state index is 0. The van der Waals surface area contributed by atoms with E-state index in [-0.39, 0.29) is 130 Å². The monoisotopic (exact) mass is 886 g/mol. The molecule has 0 saturated carbocycles. The van der Waals surface area contributed by atoms with Crippen LogP contribution in [0.1, 0.15) is 106 Å². The number of amides is 4. The number of carbonyl (C=O) groups excluding carboxylic acids is 8. The molecule has 16 heteroatoms. The summed E-state index contributed by atoms with van der Waals surface area (Å²) in [6, 6.07) is 18.8. The van der Waals surface area contributed by atoms with Gasteiger partial charge in [0.2, 0.25) is 23.6 Å². The van der Waals surface area contributed by atoms with Crippen molar-refractivity contribution in [2.45, 2.75) is 42.5 Å². The van der Waals surface area contributed by atoms with Gasteiger partial charge in [-0.15, -0.1) is 23.2 Å². The molecule has 6 rings (SSSR count). The Labute approximate surface area is 371 Å². The number of nitrogens with one attached hydrogen (secondary N) is 6. The molecule has 0 saturated heterocycles. The normalized spacial score (nSPS) is 12.0. The van der Waals surface area contributed by atoms with Crippen LogP contribution in [0.4, 0.5) is 22.7 Å². The second-order valence-electron chi connectivity index (χ2n) is 14.7. The summed E-state index contributed by atoms with van der Waals surface area (Å²) in [5, 5.41) is 16.7. The number of carbonyl (C=O) groups is 8. The molecule has 2 aliphatic carbocycles.